The number of hydrogen-bond acceptors (Lipinski definition) is 2. The molecule has 0 aromatic heterocycles. The molecular weight excluding hydrogens is 260 g/mol. The molecule has 0 aliphatic heterocycles. The van der Waals surface area contributed by atoms with E-state index in [4.69, 9.17) is 21.1 Å². The van der Waals surface area contributed by atoms with Crippen molar-refractivity contribution in [1.82, 2.24) is 0 Å². The first-order chi connectivity index (χ1) is 9.41. The SMILES string of the molecule is COCOCC/C=C\CCCCCCCCCCCl. The summed E-state index contributed by atoms with van der Waals surface area (Å²) in [5.41, 5.74) is 0. The third-order valence-electron chi connectivity index (χ3n) is 3.05. The molecule has 0 aromatic carbocycles. The van der Waals surface area contributed by atoms with Gasteiger partial charge in [-0.1, -0.05) is 50.7 Å². The Balaban J connectivity index is 2.99. The van der Waals surface area contributed by atoms with Gasteiger partial charge >= 0.3 is 0 Å². The molecule has 0 aliphatic carbocycles. The number of alkyl halides is 1. The molecule has 114 valence electrons. The number of allylic oxidation sites excluding steroid dienone is 1. The van der Waals surface area contributed by atoms with Crippen molar-refractivity contribution in [1.29, 1.82) is 0 Å². The van der Waals surface area contributed by atoms with Gasteiger partial charge in [-0.2, -0.15) is 0 Å². The summed E-state index contributed by atoms with van der Waals surface area (Å²) < 4.78 is 10.0. The van der Waals surface area contributed by atoms with E-state index in [0.29, 0.717) is 6.79 Å². The van der Waals surface area contributed by atoms with E-state index in [-0.39, 0.29) is 0 Å². The zero-order chi connectivity index (χ0) is 14.0. The third kappa shape index (κ3) is 17.9. The standard InChI is InChI=1S/C16H31ClO2/c1-18-16-19-15-13-11-9-7-5-3-2-4-6-8-10-12-14-17/h9,11H,2-8,10,12-16H2,1H3/b11-9-. The topological polar surface area (TPSA) is 18.5 Å². The Kier molecular flexibility index (Phi) is 17.9. The Labute approximate surface area is 124 Å². The molecule has 0 aliphatic rings. The molecule has 0 amide bonds. The highest BCUT2D eigenvalue weighted by Crippen LogP contribution is 2.10. The second-order valence-corrected chi connectivity index (χ2v) is 5.26. The van der Waals surface area contributed by atoms with Crippen LogP contribution in [0.25, 0.3) is 0 Å². The summed E-state index contributed by atoms with van der Waals surface area (Å²) in [6.07, 6.45) is 17.3. The molecule has 0 saturated carbocycles. The molecule has 2 nitrogen and oxygen atoms in total. The van der Waals surface area contributed by atoms with Gasteiger partial charge in [0.1, 0.15) is 6.79 Å². The van der Waals surface area contributed by atoms with Crippen LogP contribution in [0.2, 0.25) is 0 Å². The summed E-state index contributed by atoms with van der Waals surface area (Å²) >= 11 is 5.64. The van der Waals surface area contributed by atoms with E-state index >= 15 is 0 Å². The van der Waals surface area contributed by atoms with Gasteiger partial charge in [-0.05, 0) is 25.7 Å². The lowest BCUT2D eigenvalue weighted by Gasteiger charge is -2.00. The highest BCUT2D eigenvalue weighted by Gasteiger charge is 1.91. The first-order valence-corrected chi connectivity index (χ1v) is 8.23. The Morgan fingerprint density at radius 1 is 0.789 bits per heavy atom. The van der Waals surface area contributed by atoms with Gasteiger partial charge in [0.15, 0.2) is 0 Å². The van der Waals surface area contributed by atoms with Crippen LogP contribution in [-0.2, 0) is 9.47 Å². The molecule has 0 saturated heterocycles. The van der Waals surface area contributed by atoms with Crippen molar-refractivity contribution >= 4 is 11.6 Å². The minimum atomic E-state index is 0.402. The Morgan fingerprint density at radius 3 is 2.00 bits per heavy atom. The molecule has 0 N–H and O–H groups in total. The van der Waals surface area contributed by atoms with E-state index in [1.807, 2.05) is 0 Å². The van der Waals surface area contributed by atoms with Crippen LogP contribution in [0, 0.1) is 0 Å². The van der Waals surface area contributed by atoms with E-state index in [0.717, 1.165) is 18.9 Å². The lowest BCUT2D eigenvalue weighted by Crippen LogP contribution is -1.96. The highest BCUT2D eigenvalue weighted by atomic mass is 35.5. The van der Waals surface area contributed by atoms with Gasteiger partial charge in [-0.25, -0.2) is 0 Å². The first-order valence-electron chi connectivity index (χ1n) is 7.69. The van der Waals surface area contributed by atoms with Crippen molar-refractivity contribution in [3.05, 3.63) is 12.2 Å². The first kappa shape index (κ1) is 18.9. The molecule has 0 radical (unpaired) electrons. The number of halogens is 1. The van der Waals surface area contributed by atoms with Crippen LogP contribution in [-0.4, -0.2) is 26.4 Å². The van der Waals surface area contributed by atoms with Crippen molar-refractivity contribution in [2.24, 2.45) is 0 Å². The van der Waals surface area contributed by atoms with Gasteiger partial charge in [-0.15, -0.1) is 11.6 Å². The number of hydrogen-bond donors (Lipinski definition) is 0. The van der Waals surface area contributed by atoms with Crippen LogP contribution in [0.4, 0.5) is 0 Å². The predicted molar refractivity (Wildman–Crippen MR) is 83.9 cm³/mol. The van der Waals surface area contributed by atoms with Crippen LogP contribution in [0.15, 0.2) is 12.2 Å². The molecule has 0 heterocycles. The molecule has 0 bridgehead atoms. The highest BCUT2D eigenvalue weighted by molar-refractivity contribution is 6.17. The van der Waals surface area contributed by atoms with Crippen molar-refractivity contribution in [3.8, 4) is 0 Å². The van der Waals surface area contributed by atoms with E-state index < -0.39 is 0 Å². The molecule has 0 fully saturated rings. The van der Waals surface area contributed by atoms with Gasteiger partial charge in [0.2, 0.25) is 0 Å². The summed E-state index contributed by atoms with van der Waals surface area (Å²) in [4.78, 5) is 0. The van der Waals surface area contributed by atoms with Crippen LogP contribution in [0.3, 0.4) is 0 Å². The van der Waals surface area contributed by atoms with Crippen LogP contribution >= 0.6 is 11.6 Å². The summed E-state index contributed by atoms with van der Waals surface area (Å²) in [6, 6.07) is 0. The third-order valence-corrected chi connectivity index (χ3v) is 3.32. The fourth-order valence-electron chi connectivity index (χ4n) is 1.95. The van der Waals surface area contributed by atoms with Crippen LogP contribution < -0.4 is 0 Å². The van der Waals surface area contributed by atoms with Gasteiger partial charge in [0.05, 0.1) is 6.61 Å². The molecule has 0 unspecified atom stereocenters. The second kappa shape index (κ2) is 17.9. The van der Waals surface area contributed by atoms with Gasteiger partial charge in [0.25, 0.3) is 0 Å². The fourth-order valence-corrected chi connectivity index (χ4v) is 2.14. The lowest BCUT2D eigenvalue weighted by molar-refractivity contribution is -0.0285. The molecule has 19 heavy (non-hydrogen) atoms. The molecule has 0 atom stereocenters. The van der Waals surface area contributed by atoms with Gasteiger partial charge in [0, 0.05) is 13.0 Å². The number of rotatable bonds is 15. The summed E-state index contributed by atoms with van der Waals surface area (Å²) in [5.74, 6) is 0.822. The molecule has 3 heteroatoms. The normalized spacial score (nSPS) is 11.5. The number of ether oxygens (including phenoxy) is 2. The van der Waals surface area contributed by atoms with E-state index in [1.54, 1.807) is 7.11 Å². The molecule has 0 spiro atoms. The van der Waals surface area contributed by atoms with Crippen molar-refractivity contribution in [3.63, 3.8) is 0 Å². The maximum atomic E-state index is 5.64. The Morgan fingerprint density at radius 2 is 1.37 bits per heavy atom. The average molecular weight is 291 g/mol. The second-order valence-electron chi connectivity index (χ2n) is 4.88. The number of methoxy groups -OCH3 is 1. The maximum absolute atomic E-state index is 5.64. The van der Waals surface area contributed by atoms with Gasteiger partial charge in [-0.3, -0.25) is 0 Å². The van der Waals surface area contributed by atoms with E-state index in [9.17, 15) is 0 Å². The minimum Gasteiger partial charge on any atom is -0.359 e. The monoisotopic (exact) mass is 290 g/mol. The molecule has 0 rings (SSSR count). The zero-order valence-electron chi connectivity index (χ0n) is 12.5. The zero-order valence-corrected chi connectivity index (χ0v) is 13.3. The summed E-state index contributed by atoms with van der Waals surface area (Å²) in [6.45, 7) is 1.16. The minimum absolute atomic E-state index is 0.402. The largest absolute Gasteiger partial charge is 0.359 e. The Hall–Kier alpha value is -0.0500. The maximum Gasteiger partial charge on any atom is 0.146 e. The predicted octanol–water partition coefficient (Wildman–Crippen LogP) is 5.30. The van der Waals surface area contributed by atoms with Crippen molar-refractivity contribution in [2.45, 2.75) is 64.2 Å². The Bertz CT molecular complexity index is 184. The summed E-state index contributed by atoms with van der Waals surface area (Å²) in [5, 5.41) is 0. The van der Waals surface area contributed by atoms with Crippen molar-refractivity contribution in [2.75, 3.05) is 26.4 Å². The van der Waals surface area contributed by atoms with Crippen molar-refractivity contribution < 1.29 is 9.47 Å². The quantitative estimate of drug-likeness (QED) is 0.176. The average Bonchev–Trinajstić information content (AvgIpc) is 2.43. The lowest BCUT2D eigenvalue weighted by atomic mass is 10.1. The van der Waals surface area contributed by atoms with Crippen LogP contribution in [0.5, 0.6) is 0 Å². The van der Waals surface area contributed by atoms with Crippen LogP contribution in [0.1, 0.15) is 64.2 Å². The van der Waals surface area contributed by atoms with Gasteiger partial charge < -0.3 is 9.47 Å². The smallest absolute Gasteiger partial charge is 0.146 e. The molecule has 0 aromatic rings. The van der Waals surface area contributed by atoms with E-state index in [1.165, 1.54) is 57.8 Å². The summed E-state index contributed by atoms with van der Waals surface area (Å²) in [7, 11) is 1.65. The number of unbranched alkanes of at least 4 members (excludes halogenated alkanes) is 8. The fraction of sp³-hybridized carbons (Fsp3) is 0.875. The molecular formula is C16H31ClO2. The van der Waals surface area contributed by atoms with E-state index in [2.05, 4.69) is 12.2 Å².